The van der Waals surface area contributed by atoms with Gasteiger partial charge in [-0.3, -0.25) is 10.1 Å². The van der Waals surface area contributed by atoms with Gasteiger partial charge in [0.05, 0.1) is 22.8 Å². The first-order chi connectivity index (χ1) is 9.65. The number of non-ortho nitro benzene ring substituents is 1. The van der Waals surface area contributed by atoms with Crippen LogP contribution < -0.4 is 5.32 Å². The lowest BCUT2D eigenvalue weighted by Crippen LogP contribution is -2.00. The molecule has 0 saturated carbocycles. The van der Waals surface area contributed by atoms with E-state index in [0.29, 0.717) is 23.5 Å². The standard InChI is InChI=1S/C11H9N5O4/c1-6-4-7(19-13-6)5-12-8-2-3-9(16(17)18)11-10(8)14-20-15-11/h2-4,12H,5H2,1H3. The van der Waals surface area contributed by atoms with Crippen molar-refractivity contribution in [2.75, 3.05) is 5.32 Å². The fourth-order valence-corrected chi connectivity index (χ4v) is 1.83. The number of hydrogen-bond donors (Lipinski definition) is 1. The molecule has 0 radical (unpaired) electrons. The van der Waals surface area contributed by atoms with Crippen LogP contribution in [0.25, 0.3) is 11.0 Å². The highest BCUT2D eigenvalue weighted by Crippen LogP contribution is 2.28. The summed E-state index contributed by atoms with van der Waals surface area (Å²) in [6.45, 7) is 2.19. The third kappa shape index (κ3) is 2.05. The Morgan fingerprint density at radius 2 is 2.10 bits per heavy atom. The molecule has 9 heteroatoms. The number of aryl methyl sites for hydroxylation is 1. The predicted octanol–water partition coefficient (Wildman–Crippen LogP) is 2.04. The van der Waals surface area contributed by atoms with Gasteiger partial charge in [0.25, 0.3) is 0 Å². The maximum Gasteiger partial charge on any atom is 0.300 e. The van der Waals surface area contributed by atoms with Crippen LogP contribution in [0.4, 0.5) is 11.4 Å². The molecule has 9 nitrogen and oxygen atoms in total. The maximum atomic E-state index is 10.9. The quantitative estimate of drug-likeness (QED) is 0.567. The molecule has 0 atom stereocenters. The van der Waals surface area contributed by atoms with E-state index in [0.717, 1.165) is 5.69 Å². The van der Waals surface area contributed by atoms with Gasteiger partial charge in [-0.05, 0) is 23.3 Å². The Hall–Kier alpha value is -2.97. The molecule has 0 aliphatic rings. The molecule has 0 aliphatic carbocycles. The van der Waals surface area contributed by atoms with Gasteiger partial charge in [-0.2, -0.15) is 0 Å². The molecule has 0 unspecified atom stereocenters. The van der Waals surface area contributed by atoms with E-state index in [1.807, 2.05) is 6.92 Å². The number of rotatable bonds is 4. The van der Waals surface area contributed by atoms with Crippen molar-refractivity contribution in [3.05, 3.63) is 39.8 Å². The van der Waals surface area contributed by atoms with Crippen molar-refractivity contribution in [1.82, 2.24) is 15.5 Å². The monoisotopic (exact) mass is 275 g/mol. The van der Waals surface area contributed by atoms with E-state index in [1.54, 1.807) is 12.1 Å². The highest BCUT2D eigenvalue weighted by atomic mass is 16.6. The highest BCUT2D eigenvalue weighted by Gasteiger charge is 2.19. The molecule has 0 bridgehead atoms. The van der Waals surface area contributed by atoms with E-state index in [-0.39, 0.29) is 11.2 Å². The average molecular weight is 275 g/mol. The SMILES string of the molecule is Cc1cc(CNc2ccc([N+](=O)[O-])c3nonc23)on1. The Morgan fingerprint density at radius 1 is 1.30 bits per heavy atom. The van der Waals surface area contributed by atoms with Gasteiger partial charge in [0.15, 0.2) is 11.3 Å². The smallest absolute Gasteiger partial charge is 0.300 e. The molecule has 0 spiro atoms. The molecule has 0 aliphatic heterocycles. The van der Waals surface area contributed by atoms with Crippen molar-refractivity contribution in [2.24, 2.45) is 0 Å². The fraction of sp³-hybridized carbons (Fsp3) is 0.182. The van der Waals surface area contributed by atoms with Crippen LogP contribution in [0.1, 0.15) is 11.5 Å². The lowest BCUT2D eigenvalue weighted by Gasteiger charge is -2.03. The lowest BCUT2D eigenvalue weighted by atomic mass is 10.2. The van der Waals surface area contributed by atoms with Crippen molar-refractivity contribution in [3.63, 3.8) is 0 Å². The zero-order valence-electron chi connectivity index (χ0n) is 10.4. The Kier molecular flexibility index (Phi) is 2.78. The van der Waals surface area contributed by atoms with Gasteiger partial charge in [0, 0.05) is 12.1 Å². The molecule has 3 rings (SSSR count). The molecule has 102 valence electrons. The number of nitro groups is 1. The van der Waals surface area contributed by atoms with Crippen molar-refractivity contribution in [1.29, 1.82) is 0 Å². The Balaban J connectivity index is 1.90. The Bertz CT molecular complexity index is 778. The molecule has 20 heavy (non-hydrogen) atoms. The van der Waals surface area contributed by atoms with E-state index < -0.39 is 4.92 Å². The largest absolute Gasteiger partial charge is 0.376 e. The first-order valence-corrected chi connectivity index (χ1v) is 5.71. The summed E-state index contributed by atoms with van der Waals surface area (Å²) in [5, 5.41) is 24.9. The summed E-state index contributed by atoms with van der Waals surface area (Å²) in [6.07, 6.45) is 0. The number of nitrogens with one attached hydrogen (secondary N) is 1. The van der Waals surface area contributed by atoms with Crippen LogP contribution in [0, 0.1) is 17.0 Å². The van der Waals surface area contributed by atoms with E-state index in [2.05, 4.69) is 25.4 Å². The summed E-state index contributed by atoms with van der Waals surface area (Å²) >= 11 is 0. The molecule has 0 amide bonds. The molecule has 1 N–H and O–H groups in total. The highest BCUT2D eigenvalue weighted by molar-refractivity contribution is 5.93. The summed E-state index contributed by atoms with van der Waals surface area (Å²) in [4.78, 5) is 10.3. The molecular formula is C11H9N5O4. The van der Waals surface area contributed by atoms with Crippen LogP contribution in [-0.2, 0) is 6.54 Å². The van der Waals surface area contributed by atoms with Gasteiger partial charge < -0.3 is 9.84 Å². The third-order valence-electron chi connectivity index (χ3n) is 2.72. The second-order valence-corrected chi connectivity index (χ2v) is 4.14. The summed E-state index contributed by atoms with van der Waals surface area (Å²) < 4.78 is 9.63. The molecular weight excluding hydrogens is 266 g/mol. The minimum atomic E-state index is -0.532. The lowest BCUT2D eigenvalue weighted by molar-refractivity contribution is -0.383. The van der Waals surface area contributed by atoms with E-state index in [9.17, 15) is 10.1 Å². The van der Waals surface area contributed by atoms with Crippen molar-refractivity contribution in [2.45, 2.75) is 13.5 Å². The van der Waals surface area contributed by atoms with E-state index in [1.165, 1.54) is 6.07 Å². The summed E-state index contributed by atoms with van der Waals surface area (Å²) in [5.74, 6) is 0.644. The van der Waals surface area contributed by atoms with Crippen LogP contribution >= 0.6 is 0 Å². The van der Waals surface area contributed by atoms with E-state index >= 15 is 0 Å². The van der Waals surface area contributed by atoms with Gasteiger partial charge in [0.2, 0.25) is 5.52 Å². The summed E-state index contributed by atoms with van der Waals surface area (Å²) in [5.41, 5.74) is 1.60. The van der Waals surface area contributed by atoms with Crippen LogP contribution in [0.15, 0.2) is 27.4 Å². The zero-order chi connectivity index (χ0) is 14.1. The third-order valence-corrected chi connectivity index (χ3v) is 2.72. The van der Waals surface area contributed by atoms with Crippen LogP contribution in [0.3, 0.4) is 0 Å². The fourth-order valence-electron chi connectivity index (χ4n) is 1.83. The minimum Gasteiger partial charge on any atom is -0.376 e. The molecule has 1 aromatic carbocycles. The second-order valence-electron chi connectivity index (χ2n) is 4.14. The van der Waals surface area contributed by atoms with Gasteiger partial charge in [-0.1, -0.05) is 5.16 Å². The predicted molar refractivity (Wildman–Crippen MR) is 67.0 cm³/mol. The number of hydrogen-bond acceptors (Lipinski definition) is 8. The zero-order valence-corrected chi connectivity index (χ0v) is 10.4. The van der Waals surface area contributed by atoms with Gasteiger partial charge in [-0.15, -0.1) is 0 Å². The van der Waals surface area contributed by atoms with Crippen LogP contribution in [-0.4, -0.2) is 20.4 Å². The molecule has 2 heterocycles. The topological polar surface area (TPSA) is 120 Å². The number of nitrogens with zero attached hydrogens (tertiary/aromatic N) is 4. The van der Waals surface area contributed by atoms with Crippen LogP contribution in [0.2, 0.25) is 0 Å². The normalized spacial score (nSPS) is 10.8. The van der Waals surface area contributed by atoms with Gasteiger partial charge >= 0.3 is 5.69 Å². The van der Waals surface area contributed by atoms with Gasteiger partial charge in [-0.25, -0.2) is 4.63 Å². The number of anilines is 1. The number of nitro benzene ring substituents is 1. The number of aromatic nitrogens is 3. The van der Waals surface area contributed by atoms with E-state index in [4.69, 9.17) is 4.52 Å². The summed E-state index contributed by atoms with van der Waals surface area (Å²) in [6, 6.07) is 4.69. The first kappa shape index (κ1) is 12.1. The molecule has 2 aromatic heterocycles. The Morgan fingerprint density at radius 3 is 2.80 bits per heavy atom. The van der Waals surface area contributed by atoms with Crippen molar-refractivity contribution >= 4 is 22.4 Å². The first-order valence-electron chi connectivity index (χ1n) is 5.71. The van der Waals surface area contributed by atoms with Gasteiger partial charge in [0.1, 0.15) is 0 Å². The van der Waals surface area contributed by atoms with Crippen LogP contribution in [0.5, 0.6) is 0 Å². The van der Waals surface area contributed by atoms with Crippen molar-refractivity contribution in [3.8, 4) is 0 Å². The molecule has 0 fully saturated rings. The molecule has 3 aromatic rings. The second kappa shape index (κ2) is 4.61. The number of benzene rings is 1. The summed E-state index contributed by atoms with van der Waals surface area (Å²) in [7, 11) is 0. The average Bonchev–Trinajstić information content (AvgIpc) is 3.04. The Labute approximate surface area is 111 Å². The molecule has 0 saturated heterocycles. The van der Waals surface area contributed by atoms with Crippen molar-refractivity contribution < 1.29 is 14.1 Å². The maximum absolute atomic E-state index is 10.9. The minimum absolute atomic E-state index is 0.105. The number of fused-ring (bicyclic) bond motifs is 1.